The summed E-state index contributed by atoms with van der Waals surface area (Å²) in [7, 11) is 1.79. The van der Waals surface area contributed by atoms with Crippen LogP contribution < -0.4 is 0 Å². The topological polar surface area (TPSA) is 109 Å². The summed E-state index contributed by atoms with van der Waals surface area (Å²) in [4.78, 5) is 30.7. The van der Waals surface area contributed by atoms with Gasteiger partial charge in [0.05, 0.1) is 6.10 Å². The first-order chi connectivity index (χ1) is 14.0. The van der Waals surface area contributed by atoms with E-state index in [-0.39, 0.29) is 18.6 Å². The number of rotatable bonds is 7. The Morgan fingerprint density at radius 1 is 1.28 bits per heavy atom. The summed E-state index contributed by atoms with van der Waals surface area (Å²) in [5.41, 5.74) is 1.34. The van der Waals surface area contributed by atoms with Crippen molar-refractivity contribution in [2.24, 2.45) is 0 Å². The van der Waals surface area contributed by atoms with Gasteiger partial charge in [0.1, 0.15) is 6.61 Å². The van der Waals surface area contributed by atoms with Crippen LogP contribution in [0.4, 0.5) is 4.79 Å². The minimum Gasteiger partial charge on any atom is -0.465 e. The monoisotopic (exact) mass is 402 g/mol. The molecule has 9 heteroatoms. The van der Waals surface area contributed by atoms with Gasteiger partial charge in [0.15, 0.2) is 5.82 Å². The fourth-order valence-corrected chi connectivity index (χ4v) is 3.25. The highest BCUT2D eigenvalue weighted by Gasteiger charge is 2.23. The van der Waals surface area contributed by atoms with Crippen LogP contribution in [-0.2, 0) is 11.3 Å². The quantitative estimate of drug-likeness (QED) is 0.758. The molecule has 0 saturated carbocycles. The standard InChI is InChI=1S/C20H26N4O5/c1-3-10-23(2)19(25)15-6-4-14(5-7-15)18-21-17(22-29-18)13-28-16-8-11-24(12-9-16)20(26)27/h4-7,16H,3,8-13H2,1-2H3,(H,26,27). The Morgan fingerprint density at radius 3 is 2.59 bits per heavy atom. The first-order valence-corrected chi connectivity index (χ1v) is 9.76. The molecular weight excluding hydrogens is 376 g/mol. The lowest BCUT2D eigenvalue weighted by atomic mass is 10.1. The molecule has 1 aromatic carbocycles. The molecule has 0 spiro atoms. The third-order valence-electron chi connectivity index (χ3n) is 4.91. The number of carbonyl (C=O) groups is 2. The molecule has 1 aliphatic heterocycles. The number of carboxylic acid groups (broad SMARTS) is 1. The molecule has 2 heterocycles. The van der Waals surface area contributed by atoms with Crippen molar-refractivity contribution in [3.8, 4) is 11.5 Å². The van der Waals surface area contributed by atoms with E-state index in [1.54, 1.807) is 36.2 Å². The van der Waals surface area contributed by atoms with Crippen molar-refractivity contribution in [3.05, 3.63) is 35.7 Å². The number of likely N-dealkylation sites (tertiary alicyclic amines) is 1. The molecule has 1 fully saturated rings. The molecule has 3 rings (SSSR count). The Labute approximate surface area is 169 Å². The Balaban J connectivity index is 1.53. The van der Waals surface area contributed by atoms with Gasteiger partial charge >= 0.3 is 6.09 Å². The van der Waals surface area contributed by atoms with Gasteiger partial charge in [-0.15, -0.1) is 0 Å². The molecule has 1 N–H and O–H groups in total. The summed E-state index contributed by atoms with van der Waals surface area (Å²) >= 11 is 0. The summed E-state index contributed by atoms with van der Waals surface area (Å²) < 4.78 is 11.1. The van der Waals surface area contributed by atoms with Gasteiger partial charge < -0.3 is 24.2 Å². The van der Waals surface area contributed by atoms with Crippen molar-refractivity contribution < 1.29 is 24.0 Å². The van der Waals surface area contributed by atoms with Crippen molar-refractivity contribution in [3.63, 3.8) is 0 Å². The molecule has 9 nitrogen and oxygen atoms in total. The van der Waals surface area contributed by atoms with Gasteiger partial charge in [-0.3, -0.25) is 4.79 Å². The second-order valence-corrected chi connectivity index (χ2v) is 7.10. The SMILES string of the molecule is CCCN(C)C(=O)c1ccc(-c2nc(COC3CCN(C(=O)O)CC3)no2)cc1. The highest BCUT2D eigenvalue weighted by molar-refractivity contribution is 5.94. The van der Waals surface area contributed by atoms with E-state index in [0.717, 1.165) is 12.0 Å². The van der Waals surface area contributed by atoms with Gasteiger partial charge in [-0.2, -0.15) is 4.98 Å². The number of amides is 2. The van der Waals surface area contributed by atoms with Crippen LogP contribution in [0.15, 0.2) is 28.8 Å². The number of carbonyl (C=O) groups excluding carboxylic acids is 1. The lowest BCUT2D eigenvalue weighted by molar-refractivity contribution is -0.00295. The minimum atomic E-state index is -0.893. The Bertz CT molecular complexity index is 828. The third-order valence-corrected chi connectivity index (χ3v) is 4.91. The number of hydrogen-bond donors (Lipinski definition) is 1. The molecule has 0 aliphatic carbocycles. The van der Waals surface area contributed by atoms with Crippen molar-refractivity contribution in [1.29, 1.82) is 0 Å². The predicted octanol–water partition coefficient (Wildman–Crippen LogP) is 2.88. The fraction of sp³-hybridized carbons (Fsp3) is 0.500. The highest BCUT2D eigenvalue weighted by Crippen LogP contribution is 2.20. The van der Waals surface area contributed by atoms with E-state index >= 15 is 0 Å². The molecule has 1 aromatic heterocycles. The Hall–Kier alpha value is -2.94. The highest BCUT2D eigenvalue weighted by atomic mass is 16.5. The third kappa shape index (κ3) is 5.32. The molecule has 2 amide bonds. The molecule has 1 aliphatic rings. The molecule has 156 valence electrons. The number of benzene rings is 1. The zero-order valence-corrected chi connectivity index (χ0v) is 16.7. The van der Waals surface area contributed by atoms with Crippen molar-refractivity contribution in [2.75, 3.05) is 26.7 Å². The molecule has 0 bridgehead atoms. The molecule has 2 aromatic rings. The van der Waals surface area contributed by atoms with E-state index in [1.807, 2.05) is 6.92 Å². The number of piperidine rings is 1. The van der Waals surface area contributed by atoms with E-state index in [4.69, 9.17) is 14.4 Å². The Morgan fingerprint density at radius 2 is 1.97 bits per heavy atom. The Kier molecular flexibility index (Phi) is 6.82. The van der Waals surface area contributed by atoms with Crippen LogP contribution in [-0.4, -0.2) is 69.8 Å². The normalized spacial score (nSPS) is 14.8. The van der Waals surface area contributed by atoms with Gasteiger partial charge in [0.25, 0.3) is 11.8 Å². The zero-order chi connectivity index (χ0) is 20.8. The molecule has 1 saturated heterocycles. The first-order valence-electron chi connectivity index (χ1n) is 9.76. The van der Waals surface area contributed by atoms with Crippen LogP contribution >= 0.6 is 0 Å². The molecule has 0 atom stereocenters. The predicted molar refractivity (Wildman–Crippen MR) is 104 cm³/mol. The van der Waals surface area contributed by atoms with E-state index in [2.05, 4.69) is 10.1 Å². The summed E-state index contributed by atoms with van der Waals surface area (Å²) in [5.74, 6) is 0.778. The zero-order valence-electron chi connectivity index (χ0n) is 16.7. The summed E-state index contributed by atoms with van der Waals surface area (Å²) in [6.45, 7) is 3.89. The van der Waals surface area contributed by atoms with Crippen LogP contribution in [0.1, 0.15) is 42.4 Å². The summed E-state index contributed by atoms with van der Waals surface area (Å²) in [6.07, 6.45) is 1.30. The number of aromatic nitrogens is 2. The van der Waals surface area contributed by atoms with E-state index in [9.17, 15) is 9.59 Å². The maximum atomic E-state index is 12.3. The average molecular weight is 402 g/mol. The second kappa shape index (κ2) is 9.51. The molecular formula is C20H26N4O5. The van der Waals surface area contributed by atoms with E-state index in [1.165, 1.54) is 4.90 Å². The van der Waals surface area contributed by atoms with Gasteiger partial charge in [-0.25, -0.2) is 4.79 Å². The maximum absolute atomic E-state index is 12.3. The molecule has 0 unspecified atom stereocenters. The maximum Gasteiger partial charge on any atom is 0.407 e. The van der Waals surface area contributed by atoms with Crippen molar-refractivity contribution in [2.45, 2.75) is 38.9 Å². The lowest BCUT2D eigenvalue weighted by Crippen LogP contribution is -2.40. The largest absolute Gasteiger partial charge is 0.465 e. The van der Waals surface area contributed by atoms with Gasteiger partial charge in [0, 0.05) is 37.8 Å². The van der Waals surface area contributed by atoms with Crippen LogP contribution in [0.5, 0.6) is 0 Å². The average Bonchev–Trinajstić information content (AvgIpc) is 3.21. The van der Waals surface area contributed by atoms with E-state index < -0.39 is 6.09 Å². The van der Waals surface area contributed by atoms with E-state index in [0.29, 0.717) is 49.8 Å². The van der Waals surface area contributed by atoms with Crippen LogP contribution in [0.3, 0.4) is 0 Å². The summed E-state index contributed by atoms with van der Waals surface area (Å²) in [6, 6.07) is 7.07. The molecule has 29 heavy (non-hydrogen) atoms. The summed E-state index contributed by atoms with van der Waals surface area (Å²) in [5, 5.41) is 12.9. The number of nitrogens with zero attached hydrogens (tertiary/aromatic N) is 4. The van der Waals surface area contributed by atoms with Crippen LogP contribution in [0.2, 0.25) is 0 Å². The van der Waals surface area contributed by atoms with Crippen LogP contribution in [0.25, 0.3) is 11.5 Å². The van der Waals surface area contributed by atoms with Crippen molar-refractivity contribution in [1.82, 2.24) is 19.9 Å². The van der Waals surface area contributed by atoms with Gasteiger partial charge in [-0.05, 0) is 43.5 Å². The van der Waals surface area contributed by atoms with Crippen LogP contribution in [0, 0.1) is 0 Å². The minimum absolute atomic E-state index is 0.0158. The van der Waals surface area contributed by atoms with Gasteiger partial charge in [0.2, 0.25) is 0 Å². The molecule has 0 radical (unpaired) electrons. The van der Waals surface area contributed by atoms with Crippen molar-refractivity contribution >= 4 is 12.0 Å². The first kappa shape index (κ1) is 20.8. The number of hydrogen-bond acceptors (Lipinski definition) is 6. The fourth-order valence-electron chi connectivity index (χ4n) is 3.25. The number of ether oxygens (including phenoxy) is 1. The second-order valence-electron chi connectivity index (χ2n) is 7.10. The van der Waals surface area contributed by atoms with Gasteiger partial charge in [-0.1, -0.05) is 12.1 Å². The lowest BCUT2D eigenvalue weighted by Gasteiger charge is -2.29. The smallest absolute Gasteiger partial charge is 0.407 e.